The molecule has 0 amide bonds. The van der Waals surface area contributed by atoms with Crippen LogP contribution in [0.3, 0.4) is 0 Å². The van der Waals surface area contributed by atoms with E-state index in [2.05, 4.69) is 4.83 Å². The van der Waals surface area contributed by atoms with Crippen molar-refractivity contribution in [3.63, 3.8) is 0 Å². The molecule has 1 aromatic rings. The SMILES string of the molecule is O=Cc1cc(Cl)ccc1N1C=CSN1. The second-order valence-corrected chi connectivity index (χ2v) is 3.81. The van der Waals surface area contributed by atoms with E-state index in [1.807, 2.05) is 11.6 Å². The molecule has 2 rings (SSSR count). The van der Waals surface area contributed by atoms with Gasteiger partial charge in [0, 0.05) is 22.2 Å². The fraction of sp³-hybridized carbons (Fsp3) is 0. The number of nitrogens with zero attached hydrogens (tertiary/aromatic N) is 1. The predicted molar refractivity (Wildman–Crippen MR) is 59.2 cm³/mol. The Labute approximate surface area is 90.8 Å². The van der Waals surface area contributed by atoms with Gasteiger partial charge in [0.1, 0.15) is 0 Å². The van der Waals surface area contributed by atoms with Crippen LogP contribution in [0.5, 0.6) is 0 Å². The fourth-order valence-electron chi connectivity index (χ4n) is 1.18. The lowest BCUT2D eigenvalue weighted by molar-refractivity contribution is 0.112. The molecule has 0 atom stereocenters. The highest BCUT2D eigenvalue weighted by atomic mass is 35.5. The molecule has 0 aliphatic carbocycles. The van der Waals surface area contributed by atoms with Gasteiger partial charge >= 0.3 is 0 Å². The standard InChI is InChI=1S/C9H7ClN2OS/c10-8-1-2-9(7(5-8)6-13)12-3-4-14-11-12/h1-6,11H. The van der Waals surface area contributed by atoms with Crippen molar-refractivity contribution in [3.05, 3.63) is 40.4 Å². The number of carbonyl (C=O) groups excluding carboxylic acids is 1. The van der Waals surface area contributed by atoms with Gasteiger partial charge in [0.05, 0.1) is 5.69 Å². The number of aldehydes is 1. The molecule has 0 fully saturated rings. The van der Waals surface area contributed by atoms with E-state index in [-0.39, 0.29) is 0 Å². The Kier molecular flexibility index (Phi) is 2.77. The van der Waals surface area contributed by atoms with E-state index in [1.54, 1.807) is 23.2 Å². The van der Waals surface area contributed by atoms with Crippen LogP contribution >= 0.6 is 23.5 Å². The van der Waals surface area contributed by atoms with Crippen molar-refractivity contribution in [2.75, 3.05) is 5.01 Å². The Bertz CT molecular complexity index is 394. The lowest BCUT2D eigenvalue weighted by Crippen LogP contribution is -2.24. The first kappa shape index (κ1) is 9.58. The van der Waals surface area contributed by atoms with E-state index in [4.69, 9.17) is 11.6 Å². The van der Waals surface area contributed by atoms with Crippen LogP contribution in [0.15, 0.2) is 29.8 Å². The quantitative estimate of drug-likeness (QED) is 0.621. The minimum absolute atomic E-state index is 0.562. The second-order valence-electron chi connectivity index (χ2n) is 2.69. The molecule has 0 saturated heterocycles. The molecule has 1 heterocycles. The number of rotatable bonds is 2. The molecular formula is C9H7ClN2OS. The maximum atomic E-state index is 10.8. The summed E-state index contributed by atoms with van der Waals surface area (Å²) in [7, 11) is 0. The number of hydrogen-bond acceptors (Lipinski definition) is 4. The largest absolute Gasteiger partial charge is 0.298 e. The molecule has 0 aromatic heterocycles. The summed E-state index contributed by atoms with van der Waals surface area (Å²) >= 11 is 7.23. The first-order chi connectivity index (χ1) is 6.81. The first-order valence-electron chi connectivity index (χ1n) is 3.93. The molecule has 14 heavy (non-hydrogen) atoms. The Morgan fingerprint density at radius 2 is 2.36 bits per heavy atom. The fourth-order valence-corrected chi connectivity index (χ4v) is 1.87. The average molecular weight is 227 g/mol. The summed E-state index contributed by atoms with van der Waals surface area (Å²) in [6.07, 6.45) is 2.64. The van der Waals surface area contributed by atoms with Gasteiger partial charge in [-0.1, -0.05) is 11.6 Å². The summed E-state index contributed by atoms with van der Waals surface area (Å²) in [6.45, 7) is 0. The summed E-state index contributed by atoms with van der Waals surface area (Å²) in [5, 5.41) is 4.22. The van der Waals surface area contributed by atoms with Crippen LogP contribution in [0.2, 0.25) is 5.02 Å². The van der Waals surface area contributed by atoms with Crippen LogP contribution in [0.1, 0.15) is 10.4 Å². The van der Waals surface area contributed by atoms with Crippen molar-refractivity contribution in [3.8, 4) is 0 Å². The summed E-state index contributed by atoms with van der Waals surface area (Å²) in [4.78, 5) is 13.8. The van der Waals surface area contributed by atoms with Gasteiger partial charge in [-0.3, -0.25) is 9.80 Å². The van der Waals surface area contributed by atoms with Crippen LogP contribution in [-0.4, -0.2) is 6.29 Å². The van der Waals surface area contributed by atoms with Gasteiger partial charge in [0.2, 0.25) is 0 Å². The zero-order valence-corrected chi connectivity index (χ0v) is 8.68. The Hall–Kier alpha value is -0.970. The van der Waals surface area contributed by atoms with Gasteiger partial charge in [-0.2, -0.15) is 4.83 Å². The van der Waals surface area contributed by atoms with Gasteiger partial charge in [0.25, 0.3) is 0 Å². The molecule has 1 aromatic carbocycles. The summed E-state index contributed by atoms with van der Waals surface area (Å²) in [5.41, 5.74) is 1.36. The number of hydrogen-bond donors (Lipinski definition) is 1. The van der Waals surface area contributed by atoms with Crippen molar-refractivity contribution in [2.24, 2.45) is 0 Å². The van der Waals surface area contributed by atoms with E-state index in [1.165, 1.54) is 11.9 Å². The molecule has 0 saturated carbocycles. The third-order valence-electron chi connectivity index (χ3n) is 1.81. The van der Waals surface area contributed by atoms with Gasteiger partial charge in [-0.05, 0) is 30.1 Å². The molecule has 0 radical (unpaired) electrons. The zero-order chi connectivity index (χ0) is 9.97. The number of carbonyl (C=O) groups is 1. The smallest absolute Gasteiger partial charge is 0.152 e. The van der Waals surface area contributed by atoms with E-state index in [0.29, 0.717) is 10.6 Å². The van der Waals surface area contributed by atoms with Gasteiger partial charge in [0.15, 0.2) is 6.29 Å². The summed E-state index contributed by atoms with van der Waals surface area (Å²) in [6, 6.07) is 5.19. The lowest BCUT2D eigenvalue weighted by Gasteiger charge is -2.16. The Balaban J connectivity index is 2.41. The van der Waals surface area contributed by atoms with Crippen molar-refractivity contribution in [2.45, 2.75) is 0 Å². The minimum atomic E-state index is 0.562. The maximum absolute atomic E-state index is 10.8. The maximum Gasteiger partial charge on any atom is 0.152 e. The molecular weight excluding hydrogens is 220 g/mol. The zero-order valence-electron chi connectivity index (χ0n) is 7.11. The Morgan fingerprint density at radius 1 is 1.50 bits per heavy atom. The van der Waals surface area contributed by atoms with Crippen LogP contribution in [-0.2, 0) is 0 Å². The lowest BCUT2D eigenvalue weighted by atomic mass is 10.2. The third-order valence-corrected chi connectivity index (χ3v) is 2.60. The highest BCUT2D eigenvalue weighted by molar-refractivity contribution is 8.00. The second kappa shape index (κ2) is 4.04. The van der Waals surface area contributed by atoms with Crippen molar-refractivity contribution >= 4 is 35.5 Å². The van der Waals surface area contributed by atoms with E-state index in [9.17, 15) is 4.79 Å². The topological polar surface area (TPSA) is 32.3 Å². The van der Waals surface area contributed by atoms with E-state index < -0.39 is 0 Å². The molecule has 1 aliphatic rings. The molecule has 1 aliphatic heterocycles. The molecule has 3 nitrogen and oxygen atoms in total. The highest BCUT2D eigenvalue weighted by Gasteiger charge is 2.11. The average Bonchev–Trinajstić information content (AvgIpc) is 2.70. The van der Waals surface area contributed by atoms with Crippen molar-refractivity contribution < 1.29 is 4.79 Å². The van der Waals surface area contributed by atoms with Crippen molar-refractivity contribution in [1.29, 1.82) is 0 Å². The summed E-state index contributed by atoms with van der Waals surface area (Å²) in [5.74, 6) is 0. The van der Waals surface area contributed by atoms with E-state index in [0.717, 1.165) is 12.0 Å². The molecule has 0 spiro atoms. The number of anilines is 1. The van der Waals surface area contributed by atoms with Crippen LogP contribution in [0, 0.1) is 0 Å². The monoisotopic (exact) mass is 226 g/mol. The molecule has 5 heteroatoms. The highest BCUT2D eigenvalue weighted by Crippen LogP contribution is 2.25. The molecule has 72 valence electrons. The van der Waals surface area contributed by atoms with Crippen LogP contribution in [0.25, 0.3) is 0 Å². The minimum Gasteiger partial charge on any atom is -0.298 e. The van der Waals surface area contributed by atoms with Gasteiger partial charge < -0.3 is 0 Å². The third kappa shape index (κ3) is 1.77. The van der Waals surface area contributed by atoms with Crippen molar-refractivity contribution in [1.82, 2.24) is 4.83 Å². The number of halogens is 1. The molecule has 0 unspecified atom stereocenters. The number of hydrazine groups is 1. The van der Waals surface area contributed by atoms with Gasteiger partial charge in [-0.15, -0.1) is 0 Å². The molecule has 0 bridgehead atoms. The van der Waals surface area contributed by atoms with Crippen LogP contribution < -0.4 is 9.84 Å². The summed E-state index contributed by atoms with van der Waals surface area (Å²) < 4.78 is 0. The number of nitrogens with one attached hydrogen (secondary N) is 1. The normalized spacial score (nSPS) is 14.8. The Morgan fingerprint density at radius 3 is 3.00 bits per heavy atom. The molecule has 1 N–H and O–H groups in total. The first-order valence-corrected chi connectivity index (χ1v) is 5.19. The van der Waals surface area contributed by atoms with Crippen LogP contribution in [0.4, 0.5) is 5.69 Å². The number of benzene rings is 1. The van der Waals surface area contributed by atoms with Gasteiger partial charge in [-0.25, -0.2) is 0 Å². The van der Waals surface area contributed by atoms with E-state index >= 15 is 0 Å². The predicted octanol–water partition coefficient (Wildman–Crippen LogP) is 2.60.